The fourth-order valence-corrected chi connectivity index (χ4v) is 9.16. The van der Waals surface area contributed by atoms with Gasteiger partial charge in [0.25, 0.3) is 0 Å². The maximum atomic E-state index is 12.1. The average molecular weight is 210 g/mol. The van der Waals surface area contributed by atoms with Crippen molar-refractivity contribution in [3.8, 4) is 0 Å². The second kappa shape index (κ2) is 1.51. The minimum Gasteiger partial charge on any atom is -0.299 e. The zero-order valence-corrected chi connectivity index (χ0v) is 8.28. The number of ketones is 1. The number of rotatable bonds is 0. The highest BCUT2D eigenvalue weighted by atomic mass is 32.2. The van der Waals surface area contributed by atoms with E-state index < -0.39 is 9.84 Å². The molecule has 5 fully saturated rings. The third kappa shape index (κ3) is 0.369. The average Bonchev–Trinajstić information content (AvgIpc) is 2.52. The van der Waals surface area contributed by atoms with Crippen molar-refractivity contribution >= 4 is 15.6 Å². The lowest BCUT2D eigenvalue weighted by Crippen LogP contribution is -2.52. The van der Waals surface area contributed by atoms with Crippen LogP contribution in [0, 0.1) is 35.5 Å². The predicted molar refractivity (Wildman–Crippen MR) is 47.1 cm³/mol. The van der Waals surface area contributed by atoms with Crippen molar-refractivity contribution in [2.24, 2.45) is 35.5 Å². The fraction of sp³-hybridized carbons (Fsp3) is 0.900. The number of sulfone groups is 1. The zero-order valence-electron chi connectivity index (χ0n) is 7.46. The lowest BCUT2D eigenvalue weighted by molar-refractivity contribution is -0.126. The van der Waals surface area contributed by atoms with Crippen LogP contribution in [0.4, 0.5) is 0 Å². The summed E-state index contributed by atoms with van der Waals surface area (Å²) >= 11 is 0. The van der Waals surface area contributed by atoms with E-state index in [1.165, 1.54) is 0 Å². The first-order valence-electron chi connectivity index (χ1n) is 5.40. The normalized spacial score (nSPS) is 73.3. The summed E-state index contributed by atoms with van der Waals surface area (Å²) in [4.78, 5) is 11.9. The molecular weight excluding hydrogens is 200 g/mol. The van der Waals surface area contributed by atoms with Crippen LogP contribution in [-0.2, 0) is 14.6 Å². The molecule has 3 nitrogen and oxygen atoms in total. The van der Waals surface area contributed by atoms with Crippen molar-refractivity contribution in [3.05, 3.63) is 0 Å². The Labute approximate surface area is 81.8 Å². The predicted octanol–water partition coefficient (Wildman–Crippen LogP) is -0.137. The van der Waals surface area contributed by atoms with Gasteiger partial charge in [0.2, 0.25) is 0 Å². The van der Waals surface area contributed by atoms with Crippen molar-refractivity contribution < 1.29 is 13.2 Å². The van der Waals surface area contributed by atoms with Gasteiger partial charge in [0, 0.05) is 11.8 Å². The zero-order chi connectivity index (χ0) is 9.40. The third-order valence-corrected chi connectivity index (χ3v) is 8.55. The van der Waals surface area contributed by atoms with Crippen LogP contribution < -0.4 is 0 Å². The smallest absolute Gasteiger partial charge is 0.158 e. The Kier molecular flexibility index (Phi) is 0.752. The molecule has 5 rings (SSSR count). The van der Waals surface area contributed by atoms with Gasteiger partial charge in [0.05, 0.1) is 10.5 Å². The standard InChI is InChI=1S/C10H10O3S/c11-8-6-2-1-3-5-4(2)7(8)10(5)14(12,13)9(3)6/h2-7,9-10H,1H2. The molecule has 0 amide bonds. The molecule has 8 atom stereocenters. The van der Waals surface area contributed by atoms with Crippen LogP contribution in [-0.4, -0.2) is 24.7 Å². The van der Waals surface area contributed by atoms with Crippen molar-refractivity contribution in [2.75, 3.05) is 0 Å². The quantitative estimate of drug-likeness (QED) is 0.559. The summed E-state index contributed by atoms with van der Waals surface area (Å²) in [6.45, 7) is 0. The molecule has 0 N–H and O–H groups in total. The Balaban J connectivity index is 1.95. The molecule has 14 heavy (non-hydrogen) atoms. The van der Waals surface area contributed by atoms with Gasteiger partial charge < -0.3 is 0 Å². The van der Waals surface area contributed by atoms with Crippen LogP contribution >= 0.6 is 0 Å². The van der Waals surface area contributed by atoms with E-state index >= 15 is 0 Å². The number of carbonyl (C=O) groups excluding carboxylic acids is 1. The Morgan fingerprint density at radius 3 is 2.57 bits per heavy atom. The highest BCUT2D eigenvalue weighted by Gasteiger charge is 2.86. The summed E-state index contributed by atoms with van der Waals surface area (Å²) in [5, 5.41) is -0.455. The van der Waals surface area contributed by atoms with Crippen LogP contribution in [0.3, 0.4) is 0 Å². The van der Waals surface area contributed by atoms with Gasteiger partial charge in [0.15, 0.2) is 9.84 Å². The summed E-state index contributed by atoms with van der Waals surface area (Å²) in [6, 6.07) is 0. The minimum absolute atomic E-state index is 0.0521. The molecule has 5 aliphatic rings. The Morgan fingerprint density at radius 1 is 1.00 bits per heavy atom. The molecule has 1 saturated heterocycles. The van der Waals surface area contributed by atoms with Gasteiger partial charge >= 0.3 is 0 Å². The van der Waals surface area contributed by atoms with Gasteiger partial charge in [-0.3, -0.25) is 4.79 Å². The first-order chi connectivity index (χ1) is 6.64. The SMILES string of the molecule is O=C1C2C3CC4C5C3C1C5S(=O)(=O)C42. The molecule has 4 saturated carbocycles. The minimum atomic E-state index is -2.90. The maximum absolute atomic E-state index is 12.1. The number of carbonyl (C=O) groups is 1. The van der Waals surface area contributed by atoms with E-state index in [1.807, 2.05) is 0 Å². The van der Waals surface area contributed by atoms with Crippen molar-refractivity contribution in [2.45, 2.75) is 16.9 Å². The van der Waals surface area contributed by atoms with Gasteiger partial charge in [-0.15, -0.1) is 0 Å². The first-order valence-corrected chi connectivity index (χ1v) is 7.01. The van der Waals surface area contributed by atoms with Gasteiger partial charge in [-0.2, -0.15) is 0 Å². The highest BCUT2D eigenvalue weighted by Crippen LogP contribution is 2.78. The maximum Gasteiger partial charge on any atom is 0.158 e. The van der Waals surface area contributed by atoms with Crippen molar-refractivity contribution in [1.29, 1.82) is 0 Å². The first kappa shape index (κ1) is 6.99. The Morgan fingerprint density at radius 2 is 1.79 bits per heavy atom. The third-order valence-electron chi connectivity index (χ3n) is 5.78. The summed E-state index contributed by atoms with van der Waals surface area (Å²) in [6.07, 6.45) is 1.04. The van der Waals surface area contributed by atoms with E-state index in [4.69, 9.17) is 0 Å². The number of fused-ring (bicyclic) bond motifs is 2. The van der Waals surface area contributed by atoms with Crippen LogP contribution in [0.5, 0.6) is 0 Å². The van der Waals surface area contributed by atoms with E-state index in [9.17, 15) is 13.2 Å². The van der Waals surface area contributed by atoms with Gasteiger partial charge in [-0.1, -0.05) is 0 Å². The summed E-state index contributed by atoms with van der Waals surface area (Å²) in [5.74, 6) is 1.97. The van der Waals surface area contributed by atoms with Crippen LogP contribution in [0.2, 0.25) is 0 Å². The second-order valence-electron chi connectivity index (χ2n) is 5.69. The van der Waals surface area contributed by atoms with Gasteiger partial charge in [0.1, 0.15) is 5.78 Å². The van der Waals surface area contributed by atoms with Crippen molar-refractivity contribution in [3.63, 3.8) is 0 Å². The van der Waals surface area contributed by atoms with Crippen LogP contribution in [0.25, 0.3) is 0 Å². The Hall–Kier alpha value is -0.380. The molecule has 0 aromatic carbocycles. The number of hydrogen-bond donors (Lipinski definition) is 0. The van der Waals surface area contributed by atoms with Crippen LogP contribution in [0.15, 0.2) is 0 Å². The van der Waals surface area contributed by atoms with E-state index in [0.717, 1.165) is 6.42 Å². The lowest BCUT2D eigenvalue weighted by Gasteiger charge is -2.42. The highest BCUT2D eigenvalue weighted by molar-refractivity contribution is 7.93. The molecule has 1 heterocycles. The van der Waals surface area contributed by atoms with Gasteiger partial charge in [-0.25, -0.2) is 8.42 Å². The monoisotopic (exact) mass is 210 g/mol. The summed E-state index contributed by atoms with van der Waals surface area (Å²) in [5.41, 5.74) is 0. The molecule has 2 bridgehead atoms. The molecular formula is C10H10O3S. The molecule has 8 unspecified atom stereocenters. The van der Waals surface area contributed by atoms with E-state index in [-0.39, 0.29) is 22.3 Å². The molecule has 0 spiro atoms. The largest absolute Gasteiger partial charge is 0.299 e. The van der Waals surface area contributed by atoms with Crippen molar-refractivity contribution in [1.82, 2.24) is 0 Å². The summed E-state index contributed by atoms with van der Waals surface area (Å²) < 4.78 is 24.2. The molecule has 0 radical (unpaired) electrons. The Bertz CT molecular complexity index is 493. The number of Topliss-reactive ketones (excluding diaryl/α,β-unsaturated/α-hetero) is 1. The lowest BCUT2D eigenvalue weighted by atomic mass is 9.64. The van der Waals surface area contributed by atoms with E-state index in [0.29, 0.717) is 29.5 Å². The number of hydrogen-bond acceptors (Lipinski definition) is 3. The van der Waals surface area contributed by atoms with E-state index in [1.54, 1.807) is 0 Å². The van der Waals surface area contributed by atoms with E-state index in [2.05, 4.69) is 0 Å². The van der Waals surface area contributed by atoms with Crippen LogP contribution in [0.1, 0.15) is 6.42 Å². The fourth-order valence-electron chi connectivity index (χ4n) is 5.73. The topological polar surface area (TPSA) is 51.2 Å². The molecule has 0 aromatic heterocycles. The molecule has 0 aromatic rings. The second-order valence-corrected chi connectivity index (χ2v) is 7.96. The van der Waals surface area contributed by atoms with Gasteiger partial charge in [-0.05, 0) is 30.1 Å². The molecule has 74 valence electrons. The molecule has 4 aliphatic carbocycles. The summed E-state index contributed by atoms with van der Waals surface area (Å²) in [7, 11) is -2.90. The molecule has 1 aliphatic heterocycles. The molecule has 4 heteroatoms.